The standard InChI is InChI=1S/C12H10F3NO3/c13-8-4-7(9(14)11(18)10(8)15)12(19)16-3-1-2-6(17)5-16/h4,18H,1-3,5H2. The van der Waals surface area contributed by atoms with Gasteiger partial charge in [0.25, 0.3) is 5.91 Å². The highest BCUT2D eigenvalue weighted by molar-refractivity contribution is 5.98. The fraction of sp³-hybridized carbons (Fsp3) is 0.333. The molecular formula is C12H10F3NO3. The first kappa shape index (κ1) is 13.4. The minimum Gasteiger partial charge on any atom is -0.503 e. The van der Waals surface area contributed by atoms with Crippen LogP contribution in [0, 0.1) is 17.5 Å². The molecule has 1 amide bonds. The van der Waals surface area contributed by atoms with Gasteiger partial charge >= 0.3 is 0 Å². The van der Waals surface area contributed by atoms with Crippen LogP contribution in [0.4, 0.5) is 13.2 Å². The lowest BCUT2D eigenvalue weighted by Crippen LogP contribution is -2.40. The largest absolute Gasteiger partial charge is 0.503 e. The summed E-state index contributed by atoms with van der Waals surface area (Å²) >= 11 is 0. The molecule has 1 aromatic rings. The minimum atomic E-state index is -1.75. The zero-order valence-electron chi connectivity index (χ0n) is 9.75. The van der Waals surface area contributed by atoms with Crippen LogP contribution in [0.1, 0.15) is 23.2 Å². The molecular weight excluding hydrogens is 263 g/mol. The summed E-state index contributed by atoms with van der Waals surface area (Å²) in [5.74, 6) is -7.46. The third kappa shape index (κ3) is 2.40. The number of aromatic hydroxyl groups is 1. The molecule has 102 valence electrons. The maximum atomic E-state index is 13.6. The number of ketones is 1. The van der Waals surface area contributed by atoms with Crippen molar-refractivity contribution >= 4 is 11.7 Å². The van der Waals surface area contributed by atoms with E-state index in [-0.39, 0.29) is 18.9 Å². The number of piperidine rings is 1. The lowest BCUT2D eigenvalue weighted by molar-refractivity contribution is -0.121. The molecule has 1 fully saturated rings. The number of Topliss-reactive ketones (excluding diaryl/α,β-unsaturated/α-hetero) is 1. The summed E-state index contributed by atoms with van der Waals surface area (Å²) in [5.41, 5.74) is -0.786. The molecule has 1 N–H and O–H groups in total. The van der Waals surface area contributed by atoms with Gasteiger partial charge in [0.05, 0.1) is 12.1 Å². The molecule has 0 radical (unpaired) electrons. The van der Waals surface area contributed by atoms with Crippen LogP contribution in [0.25, 0.3) is 0 Å². The van der Waals surface area contributed by atoms with E-state index in [9.17, 15) is 22.8 Å². The number of carbonyl (C=O) groups excluding carboxylic acids is 2. The Morgan fingerprint density at radius 2 is 1.95 bits per heavy atom. The topological polar surface area (TPSA) is 57.6 Å². The van der Waals surface area contributed by atoms with Crippen LogP contribution in [-0.4, -0.2) is 34.8 Å². The van der Waals surface area contributed by atoms with Crippen molar-refractivity contribution in [2.24, 2.45) is 0 Å². The Morgan fingerprint density at radius 3 is 2.58 bits per heavy atom. The van der Waals surface area contributed by atoms with Crippen LogP contribution < -0.4 is 0 Å². The number of hydrogen-bond acceptors (Lipinski definition) is 3. The van der Waals surface area contributed by atoms with E-state index >= 15 is 0 Å². The summed E-state index contributed by atoms with van der Waals surface area (Å²) in [5, 5.41) is 9.04. The molecule has 1 heterocycles. The monoisotopic (exact) mass is 273 g/mol. The number of rotatable bonds is 1. The Kier molecular flexibility index (Phi) is 3.46. The molecule has 0 aliphatic carbocycles. The zero-order valence-corrected chi connectivity index (χ0v) is 9.75. The minimum absolute atomic E-state index is 0.188. The SMILES string of the molecule is O=C1CCCN(C(=O)c2cc(F)c(F)c(O)c2F)C1. The number of likely N-dealkylation sites (tertiary alicyclic amines) is 1. The van der Waals surface area contributed by atoms with Gasteiger partial charge in [-0.1, -0.05) is 0 Å². The molecule has 1 aliphatic heterocycles. The molecule has 0 bridgehead atoms. The average Bonchev–Trinajstić information content (AvgIpc) is 2.40. The second-order valence-corrected chi connectivity index (χ2v) is 4.25. The molecule has 2 rings (SSSR count). The van der Waals surface area contributed by atoms with Gasteiger partial charge in [-0.05, 0) is 12.5 Å². The molecule has 0 spiro atoms. The molecule has 0 atom stereocenters. The molecule has 1 aromatic carbocycles. The predicted molar refractivity (Wildman–Crippen MR) is 58.1 cm³/mol. The Bertz CT molecular complexity index is 560. The zero-order chi connectivity index (χ0) is 14.2. The van der Waals surface area contributed by atoms with E-state index in [1.165, 1.54) is 0 Å². The first-order valence-electron chi connectivity index (χ1n) is 5.59. The second kappa shape index (κ2) is 4.91. The third-order valence-electron chi connectivity index (χ3n) is 2.90. The number of phenolic OH excluding ortho intramolecular Hbond substituents is 1. The molecule has 0 unspecified atom stereocenters. The van der Waals surface area contributed by atoms with E-state index in [0.717, 1.165) is 4.90 Å². The van der Waals surface area contributed by atoms with Gasteiger partial charge in [0.1, 0.15) is 0 Å². The average molecular weight is 273 g/mol. The summed E-state index contributed by atoms with van der Waals surface area (Å²) in [6.45, 7) is 0.0296. The Hall–Kier alpha value is -2.05. The van der Waals surface area contributed by atoms with Gasteiger partial charge in [0, 0.05) is 13.0 Å². The lowest BCUT2D eigenvalue weighted by atomic mass is 10.1. The normalized spacial score (nSPS) is 15.7. The fourth-order valence-electron chi connectivity index (χ4n) is 1.93. The molecule has 0 aromatic heterocycles. The van der Waals surface area contributed by atoms with E-state index in [1.54, 1.807) is 0 Å². The number of phenols is 1. The molecule has 4 nitrogen and oxygen atoms in total. The number of halogens is 3. The maximum absolute atomic E-state index is 13.6. The summed E-state index contributed by atoms with van der Waals surface area (Å²) in [6, 6.07) is 0.381. The van der Waals surface area contributed by atoms with Crippen molar-refractivity contribution in [3.63, 3.8) is 0 Å². The highest BCUT2D eigenvalue weighted by Gasteiger charge is 2.28. The van der Waals surface area contributed by atoms with Crippen molar-refractivity contribution < 1.29 is 27.9 Å². The van der Waals surface area contributed by atoms with Gasteiger partial charge in [0.15, 0.2) is 23.2 Å². The number of amides is 1. The smallest absolute Gasteiger partial charge is 0.257 e. The van der Waals surface area contributed by atoms with Gasteiger partial charge in [0.2, 0.25) is 5.82 Å². The number of hydrogen-bond donors (Lipinski definition) is 1. The fourth-order valence-corrected chi connectivity index (χ4v) is 1.93. The maximum Gasteiger partial charge on any atom is 0.257 e. The number of benzene rings is 1. The van der Waals surface area contributed by atoms with E-state index in [2.05, 4.69) is 0 Å². The second-order valence-electron chi connectivity index (χ2n) is 4.25. The van der Waals surface area contributed by atoms with Crippen molar-refractivity contribution in [2.45, 2.75) is 12.8 Å². The first-order chi connectivity index (χ1) is 8.91. The first-order valence-corrected chi connectivity index (χ1v) is 5.59. The number of nitrogens with zero attached hydrogens (tertiary/aromatic N) is 1. The van der Waals surface area contributed by atoms with Gasteiger partial charge in [-0.3, -0.25) is 9.59 Å². The predicted octanol–water partition coefficient (Wildman–Crippen LogP) is 1.61. The van der Waals surface area contributed by atoms with Gasteiger partial charge in [-0.15, -0.1) is 0 Å². The Labute approximate surface area is 106 Å². The van der Waals surface area contributed by atoms with Crippen LogP contribution in [-0.2, 0) is 4.79 Å². The summed E-state index contributed by atoms with van der Waals surface area (Å²) in [7, 11) is 0. The highest BCUT2D eigenvalue weighted by atomic mass is 19.2. The van der Waals surface area contributed by atoms with Crippen molar-refractivity contribution in [1.29, 1.82) is 0 Å². The third-order valence-corrected chi connectivity index (χ3v) is 2.90. The van der Waals surface area contributed by atoms with Gasteiger partial charge in [-0.2, -0.15) is 4.39 Å². The molecule has 1 saturated heterocycles. The van der Waals surface area contributed by atoms with Crippen LogP contribution >= 0.6 is 0 Å². The van der Waals surface area contributed by atoms with E-state index in [1.807, 2.05) is 0 Å². The van der Waals surface area contributed by atoms with E-state index < -0.39 is 34.7 Å². The molecule has 1 aliphatic rings. The highest BCUT2D eigenvalue weighted by Crippen LogP contribution is 2.27. The van der Waals surface area contributed by atoms with Crippen LogP contribution in [0.3, 0.4) is 0 Å². The van der Waals surface area contributed by atoms with Crippen LogP contribution in [0.2, 0.25) is 0 Å². The van der Waals surface area contributed by atoms with E-state index in [0.29, 0.717) is 18.9 Å². The molecule has 7 heteroatoms. The summed E-state index contributed by atoms with van der Waals surface area (Å²) < 4.78 is 39.5. The van der Waals surface area contributed by atoms with Crippen molar-refractivity contribution in [3.05, 3.63) is 29.1 Å². The number of carbonyl (C=O) groups is 2. The Balaban J connectivity index is 2.36. The van der Waals surface area contributed by atoms with Crippen molar-refractivity contribution in [3.8, 4) is 5.75 Å². The van der Waals surface area contributed by atoms with Crippen LogP contribution in [0.15, 0.2) is 6.07 Å². The molecule has 0 saturated carbocycles. The van der Waals surface area contributed by atoms with Gasteiger partial charge < -0.3 is 10.0 Å². The Morgan fingerprint density at radius 1 is 1.26 bits per heavy atom. The van der Waals surface area contributed by atoms with Gasteiger partial charge in [-0.25, -0.2) is 8.78 Å². The molecule has 19 heavy (non-hydrogen) atoms. The lowest BCUT2D eigenvalue weighted by Gasteiger charge is -2.26. The summed E-state index contributed by atoms with van der Waals surface area (Å²) in [6.07, 6.45) is 0.761. The summed E-state index contributed by atoms with van der Waals surface area (Å²) in [4.78, 5) is 24.2. The van der Waals surface area contributed by atoms with Crippen LogP contribution in [0.5, 0.6) is 5.75 Å². The van der Waals surface area contributed by atoms with E-state index in [4.69, 9.17) is 5.11 Å². The van der Waals surface area contributed by atoms with Crippen molar-refractivity contribution in [1.82, 2.24) is 4.90 Å². The quantitative estimate of drug-likeness (QED) is 0.791. The van der Waals surface area contributed by atoms with Crippen molar-refractivity contribution in [2.75, 3.05) is 13.1 Å².